The highest BCUT2D eigenvalue weighted by Crippen LogP contribution is 2.36. The first-order chi connectivity index (χ1) is 20.3. The number of urea groups is 1. The van der Waals surface area contributed by atoms with Crippen LogP contribution in [0.15, 0.2) is 115 Å². The minimum atomic E-state index is -3.39. The summed E-state index contributed by atoms with van der Waals surface area (Å²) in [7, 11) is -3.39. The molecule has 0 saturated heterocycles. The highest BCUT2D eigenvalue weighted by atomic mass is 35.5. The number of anilines is 3. The van der Waals surface area contributed by atoms with E-state index >= 15 is 0 Å². The monoisotopic (exact) mass is 616 g/mol. The molecule has 2 N–H and O–H groups in total. The van der Waals surface area contributed by atoms with Crippen LogP contribution in [0.4, 0.5) is 21.3 Å². The van der Waals surface area contributed by atoms with Crippen molar-refractivity contribution < 1.29 is 13.2 Å². The molecule has 1 heterocycles. The summed E-state index contributed by atoms with van der Waals surface area (Å²) in [5, 5.41) is 3.30. The van der Waals surface area contributed by atoms with Crippen molar-refractivity contribution in [2.75, 3.05) is 27.7 Å². The van der Waals surface area contributed by atoms with Gasteiger partial charge in [-0.1, -0.05) is 114 Å². The maximum atomic E-state index is 13.7. The largest absolute Gasteiger partial charge is 0.328 e. The number of carbonyl (C=O) groups excluding carboxylic acids is 1. The van der Waals surface area contributed by atoms with Crippen LogP contribution in [-0.2, 0) is 10.0 Å². The Kier molecular flexibility index (Phi) is 9.22. The Morgan fingerprint density at radius 2 is 1.40 bits per heavy atom. The molecule has 5 rings (SSSR count). The molecular weight excluding hydrogens is 588 g/mol. The average Bonchev–Trinajstić information content (AvgIpc) is 3.35. The maximum Gasteiger partial charge on any atom is 0.328 e. The topological polar surface area (TPSA) is 91.4 Å². The molecule has 0 aliphatic heterocycles. The number of aromatic nitrogens is 1. The lowest BCUT2D eigenvalue weighted by Crippen LogP contribution is -2.36. The van der Waals surface area contributed by atoms with E-state index in [9.17, 15) is 13.2 Å². The minimum absolute atomic E-state index is 0.104. The maximum absolute atomic E-state index is 13.7. The highest BCUT2D eigenvalue weighted by molar-refractivity contribution is 7.92. The molecule has 0 radical (unpaired) electrons. The second kappa shape index (κ2) is 13.2. The zero-order valence-electron chi connectivity index (χ0n) is 22.8. The zero-order valence-corrected chi connectivity index (χ0v) is 25.2. The van der Waals surface area contributed by atoms with Crippen molar-refractivity contribution in [2.24, 2.45) is 0 Å². The van der Waals surface area contributed by atoms with Gasteiger partial charge in [0.1, 0.15) is 10.0 Å². The third-order valence-corrected chi connectivity index (χ3v) is 8.40. The number of nitrogens with zero attached hydrogens (tertiary/aromatic N) is 2. The summed E-state index contributed by atoms with van der Waals surface area (Å²) < 4.78 is 25.9. The molecule has 0 atom stereocenters. The van der Waals surface area contributed by atoms with Gasteiger partial charge in [-0.15, -0.1) is 0 Å². The van der Waals surface area contributed by atoms with E-state index in [1.54, 1.807) is 29.2 Å². The fourth-order valence-corrected chi connectivity index (χ4v) is 6.35. The summed E-state index contributed by atoms with van der Waals surface area (Å²) in [6.45, 7) is 0.463. The molecule has 214 valence electrons. The van der Waals surface area contributed by atoms with Crippen molar-refractivity contribution >= 4 is 55.5 Å². The number of rotatable bonds is 10. The van der Waals surface area contributed by atoms with Crippen LogP contribution in [0, 0.1) is 0 Å². The summed E-state index contributed by atoms with van der Waals surface area (Å²) in [6, 6.07) is 36.6. The van der Waals surface area contributed by atoms with Crippen LogP contribution in [0.25, 0.3) is 11.3 Å². The third kappa shape index (κ3) is 7.55. The molecule has 2 amide bonds. The molecule has 10 heteroatoms. The third-order valence-electron chi connectivity index (χ3n) is 6.62. The van der Waals surface area contributed by atoms with E-state index in [0.717, 1.165) is 11.9 Å². The quantitative estimate of drug-likeness (QED) is 0.166. The Hall–Kier alpha value is -4.18. The van der Waals surface area contributed by atoms with Crippen LogP contribution in [0.2, 0.25) is 4.34 Å². The number of hydrogen-bond acceptors (Lipinski definition) is 5. The van der Waals surface area contributed by atoms with Crippen LogP contribution in [0.3, 0.4) is 0 Å². The molecule has 0 saturated carbocycles. The van der Waals surface area contributed by atoms with Gasteiger partial charge in [0.25, 0.3) is 0 Å². The number of carbonyl (C=O) groups is 1. The van der Waals surface area contributed by atoms with E-state index in [4.69, 9.17) is 11.6 Å². The number of halogens is 1. The minimum Gasteiger partial charge on any atom is -0.294 e. The predicted molar refractivity (Wildman–Crippen MR) is 173 cm³/mol. The molecule has 42 heavy (non-hydrogen) atoms. The molecule has 5 aromatic rings. The van der Waals surface area contributed by atoms with E-state index in [1.807, 2.05) is 66.7 Å². The van der Waals surface area contributed by atoms with Crippen molar-refractivity contribution in [3.05, 3.63) is 131 Å². The van der Waals surface area contributed by atoms with E-state index < -0.39 is 10.0 Å². The average molecular weight is 617 g/mol. The first-order valence-electron chi connectivity index (χ1n) is 13.2. The van der Waals surface area contributed by atoms with Crippen LogP contribution in [0.5, 0.6) is 0 Å². The second-order valence-electron chi connectivity index (χ2n) is 9.67. The number of hydrogen-bond donors (Lipinski definition) is 2. The Morgan fingerprint density at radius 1 is 0.857 bits per heavy atom. The van der Waals surface area contributed by atoms with E-state index in [0.29, 0.717) is 39.4 Å². The Bertz CT molecular complexity index is 1690. The highest BCUT2D eigenvalue weighted by Gasteiger charge is 2.22. The van der Waals surface area contributed by atoms with Crippen molar-refractivity contribution in [2.45, 2.75) is 12.3 Å². The van der Waals surface area contributed by atoms with Gasteiger partial charge in [-0.2, -0.15) is 0 Å². The molecule has 0 spiro atoms. The normalized spacial score (nSPS) is 11.3. The Morgan fingerprint density at radius 3 is 1.95 bits per heavy atom. The first kappa shape index (κ1) is 29.3. The van der Waals surface area contributed by atoms with Gasteiger partial charge in [-0.05, 0) is 41.8 Å². The summed E-state index contributed by atoms with van der Waals surface area (Å²) in [5.41, 5.74) is 4.78. The number of benzene rings is 4. The number of amides is 2. The lowest BCUT2D eigenvalue weighted by Gasteiger charge is -2.26. The molecular formula is C32H29ClN4O3S2. The molecule has 0 unspecified atom stereocenters. The standard InChI is InChI=1S/C32H29ClN4O3S2/c1-42(39,40)36-26-19-17-25(18-20-26)29-30(33)41-31(34-29)35-32(38)37(27-15-9-4-10-16-27)22-21-28(23-11-5-2-6-12-23)24-13-7-3-8-14-24/h2-20,28,36H,21-22H2,1H3,(H,34,35,38). The smallest absolute Gasteiger partial charge is 0.294 e. The van der Waals surface area contributed by atoms with Crippen molar-refractivity contribution in [3.63, 3.8) is 0 Å². The Labute approximate surface area is 254 Å². The van der Waals surface area contributed by atoms with Gasteiger partial charge in [0.2, 0.25) is 10.0 Å². The van der Waals surface area contributed by atoms with Gasteiger partial charge < -0.3 is 0 Å². The molecule has 1 aromatic heterocycles. The molecule has 0 aliphatic rings. The second-order valence-corrected chi connectivity index (χ2v) is 13.0. The van der Waals surface area contributed by atoms with E-state index in [-0.39, 0.29) is 11.9 Å². The number of para-hydroxylation sites is 1. The van der Waals surface area contributed by atoms with Crippen LogP contribution < -0.4 is 14.9 Å². The van der Waals surface area contributed by atoms with Crippen molar-refractivity contribution in [1.82, 2.24) is 4.98 Å². The van der Waals surface area contributed by atoms with Crippen molar-refractivity contribution in [1.29, 1.82) is 0 Å². The lowest BCUT2D eigenvalue weighted by atomic mass is 9.88. The van der Waals surface area contributed by atoms with Gasteiger partial charge in [0.05, 0.1) is 6.26 Å². The van der Waals surface area contributed by atoms with Gasteiger partial charge in [-0.25, -0.2) is 18.2 Å². The first-order valence-corrected chi connectivity index (χ1v) is 16.3. The van der Waals surface area contributed by atoms with Gasteiger partial charge in [-0.3, -0.25) is 14.9 Å². The number of sulfonamides is 1. The van der Waals surface area contributed by atoms with Crippen LogP contribution >= 0.6 is 22.9 Å². The fraction of sp³-hybridized carbons (Fsp3) is 0.125. The van der Waals surface area contributed by atoms with E-state index in [2.05, 4.69) is 39.3 Å². The number of nitrogens with one attached hydrogen (secondary N) is 2. The molecule has 7 nitrogen and oxygen atoms in total. The summed E-state index contributed by atoms with van der Waals surface area (Å²) in [4.78, 5) is 20.0. The SMILES string of the molecule is CS(=O)(=O)Nc1ccc(-c2nc(NC(=O)N(CCC(c3ccccc3)c3ccccc3)c3ccccc3)sc2Cl)cc1. The molecule has 4 aromatic carbocycles. The summed E-state index contributed by atoms with van der Waals surface area (Å²) >= 11 is 7.69. The van der Waals surface area contributed by atoms with Gasteiger partial charge >= 0.3 is 6.03 Å². The summed E-state index contributed by atoms with van der Waals surface area (Å²) in [5.74, 6) is 0.104. The summed E-state index contributed by atoms with van der Waals surface area (Å²) in [6.07, 6.45) is 1.80. The van der Waals surface area contributed by atoms with Gasteiger partial charge in [0.15, 0.2) is 5.13 Å². The van der Waals surface area contributed by atoms with Crippen LogP contribution in [0.1, 0.15) is 23.5 Å². The molecule has 0 bridgehead atoms. The van der Waals surface area contributed by atoms with Gasteiger partial charge in [0, 0.05) is 29.4 Å². The molecule has 0 aliphatic carbocycles. The fourth-order valence-electron chi connectivity index (χ4n) is 4.71. The Balaban J connectivity index is 1.36. The van der Waals surface area contributed by atoms with Crippen molar-refractivity contribution in [3.8, 4) is 11.3 Å². The lowest BCUT2D eigenvalue weighted by molar-refractivity contribution is 0.256. The predicted octanol–water partition coefficient (Wildman–Crippen LogP) is 8.10. The van der Waals surface area contributed by atoms with E-state index in [1.165, 1.54) is 22.5 Å². The van der Waals surface area contributed by atoms with Crippen LogP contribution in [-0.4, -0.2) is 32.2 Å². The molecule has 0 fully saturated rings. The number of thiazole rings is 1. The zero-order chi connectivity index (χ0) is 29.5.